The summed E-state index contributed by atoms with van der Waals surface area (Å²) in [4.78, 5) is 13.1. The van der Waals surface area contributed by atoms with Crippen LogP contribution in [0.15, 0.2) is 49.2 Å². The number of anilines is 2. The van der Waals surface area contributed by atoms with E-state index < -0.39 is 6.10 Å². The molecule has 0 bridgehead atoms. The molecule has 34 heavy (non-hydrogen) atoms. The molecule has 1 unspecified atom stereocenters. The fraction of sp³-hybridized carbons (Fsp3) is 0.333. The standard InChI is InChI=1S/C24H28AsN6O3/c1-15(2)31-24-21(12-28-31)23(29-17-10-26-14-27-11-17)8-22(30-24)16-5-19(33-4)7-20(6-16)34-13-18(32)9-25-3/h5-8,10-12,14-15,18,32H,9,13H2,1-4H3,(H,29,30). The number of methoxy groups -OCH3 is 1. The molecule has 0 aliphatic rings. The second kappa shape index (κ2) is 10.8. The molecule has 1 radical (unpaired) electrons. The minimum absolute atomic E-state index is 0.128. The van der Waals surface area contributed by atoms with Crippen LogP contribution in [0.4, 0.5) is 11.4 Å². The van der Waals surface area contributed by atoms with Gasteiger partial charge in [-0.3, -0.25) is 0 Å². The zero-order chi connectivity index (χ0) is 24.1. The molecule has 0 aliphatic heterocycles. The van der Waals surface area contributed by atoms with E-state index in [0.717, 1.165) is 38.9 Å². The maximum absolute atomic E-state index is 10.1. The first-order valence-electron chi connectivity index (χ1n) is 10.9. The number of nitrogens with one attached hydrogen (secondary N) is 1. The van der Waals surface area contributed by atoms with E-state index in [-0.39, 0.29) is 28.4 Å². The molecule has 1 atom stereocenters. The van der Waals surface area contributed by atoms with Crippen molar-refractivity contribution in [3.63, 3.8) is 0 Å². The van der Waals surface area contributed by atoms with Gasteiger partial charge in [-0.15, -0.1) is 0 Å². The summed E-state index contributed by atoms with van der Waals surface area (Å²) in [5.74, 6) is 1.26. The normalized spacial score (nSPS) is 12.5. The fourth-order valence-corrected chi connectivity index (χ4v) is 4.65. The second-order valence-corrected chi connectivity index (χ2v) is 10.2. The van der Waals surface area contributed by atoms with Crippen molar-refractivity contribution in [1.29, 1.82) is 0 Å². The molecule has 0 saturated carbocycles. The van der Waals surface area contributed by atoms with Gasteiger partial charge in [-0.2, -0.15) is 0 Å². The van der Waals surface area contributed by atoms with Gasteiger partial charge < -0.3 is 0 Å². The molecule has 0 aliphatic carbocycles. The van der Waals surface area contributed by atoms with Crippen molar-refractivity contribution in [1.82, 2.24) is 24.7 Å². The van der Waals surface area contributed by atoms with E-state index in [0.29, 0.717) is 11.5 Å². The van der Waals surface area contributed by atoms with E-state index in [9.17, 15) is 5.11 Å². The van der Waals surface area contributed by atoms with Crippen molar-refractivity contribution < 1.29 is 14.6 Å². The van der Waals surface area contributed by atoms with Crippen LogP contribution in [0.1, 0.15) is 19.9 Å². The van der Waals surface area contributed by atoms with Crippen LogP contribution in [0.3, 0.4) is 0 Å². The molecule has 2 N–H and O–H groups in total. The molecule has 3 heterocycles. The van der Waals surface area contributed by atoms with Crippen LogP contribution in [0, 0.1) is 0 Å². The van der Waals surface area contributed by atoms with Gasteiger partial charge in [0.2, 0.25) is 0 Å². The summed E-state index contributed by atoms with van der Waals surface area (Å²) in [5.41, 5.74) is 6.06. The van der Waals surface area contributed by atoms with Crippen LogP contribution in [0.25, 0.3) is 22.3 Å². The van der Waals surface area contributed by atoms with Crippen molar-refractivity contribution in [2.24, 2.45) is 0 Å². The average molecular weight is 523 g/mol. The van der Waals surface area contributed by atoms with Crippen LogP contribution in [-0.2, 0) is 0 Å². The Hall–Kier alpha value is -3.16. The van der Waals surface area contributed by atoms with Gasteiger partial charge in [0.1, 0.15) is 6.33 Å². The molecule has 4 aromatic rings. The Morgan fingerprint density at radius 1 is 1.09 bits per heavy atom. The number of pyridine rings is 1. The number of fused-ring (bicyclic) bond motifs is 1. The Balaban J connectivity index is 1.78. The monoisotopic (exact) mass is 523 g/mol. The minimum atomic E-state index is -0.474. The zero-order valence-corrected chi connectivity index (χ0v) is 21.5. The van der Waals surface area contributed by atoms with Gasteiger partial charge in [-0.1, -0.05) is 0 Å². The van der Waals surface area contributed by atoms with E-state index in [4.69, 9.17) is 14.5 Å². The number of aliphatic hydroxyl groups is 1. The quantitative estimate of drug-likeness (QED) is 0.299. The Kier molecular flexibility index (Phi) is 7.65. The summed E-state index contributed by atoms with van der Waals surface area (Å²) in [6.45, 7) is 4.38. The van der Waals surface area contributed by atoms with E-state index >= 15 is 0 Å². The summed E-state index contributed by atoms with van der Waals surface area (Å²) in [5, 5.41) is 19.7. The van der Waals surface area contributed by atoms with Gasteiger partial charge in [0.05, 0.1) is 12.4 Å². The summed E-state index contributed by atoms with van der Waals surface area (Å²) >= 11 is 0.128. The summed E-state index contributed by atoms with van der Waals surface area (Å²) in [6, 6.07) is 7.75. The van der Waals surface area contributed by atoms with Gasteiger partial charge in [0, 0.05) is 0 Å². The number of nitrogens with zero attached hydrogens (tertiary/aromatic N) is 5. The Morgan fingerprint density at radius 3 is 2.56 bits per heavy atom. The number of hydrogen-bond acceptors (Lipinski definition) is 8. The predicted octanol–water partition coefficient (Wildman–Crippen LogP) is 4.13. The molecule has 3 aromatic heterocycles. The summed E-state index contributed by atoms with van der Waals surface area (Å²) < 4.78 is 13.3. The molecule has 0 saturated heterocycles. The number of hydrogen-bond donors (Lipinski definition) is 2. The molecule has 1 aromatic carbocycles. The van der Waals surface area contributed by atoms with Crippen LogP contribution < -0.4 is 14.8 Å². The Morgan fingerprint density at radius 2 is 1.85 bits per heavy atom. The number of aliphatic hydroxyl groups excluding tert-OH is 1. The first-order valence-corrected chi connectivity index (χ1v) is 14.1. The first kappa shape index (κ1) is 24.0. The molecular weight excluding hydrogens is 495 g/mol. The van der Waals surface area contributed by atoms with Gasteiger partial charge in [-0.25, -0.2) is 9.97 Å². The molecule has 0 spiro atoms. The predicted molar refractivity (Wildman–Crippen MR) is 133 cm³/mol. The third-order valence-electron chi connectivity index (χ3n) is 5.14. The van der Waals surface area contributed by atoms with Gasteiger partial charge >= 0.3 is 163 Å². The zero-order valence-electron chi connectivity index (χ0n) is 19.6. The second-order valence-electron chi connectivity index (χ2n) is 8.09. The van der Waals surface area contributed by atoms with Crippen molar-refractivity contribution >= 4 is 38.2 Å². The first-order chi connectivity index (χ1) is 16.5. The number of aromatic nitrogens is 5. The molecule has 10 heteroatoms. The summed E-state index contributed by atoms with van der Waals surface area (Å²) in [6.07, 6.45) is 6.26. The van der Waals surface area contributed by atoms with Gasteiger partial charge in [0.25, 0.3) is 0 Å². The number of ether oxygens (including phenoxy) is 2. The van der Waals surface area contributed by atoms with Crippen molar-refractivity contribution in [3.05, 3.63) is 49.2 Å². The van der Waals surface area contributed by atoms with Crippen LogP contribution in [-0.4, -0.2) is 65.4 Å². The topological polar surface area (TPSA) is 107 Å². The van der Waals surface area contributed by atoms with Crippen molar-refractivity contribution in [2.75, 3.05) is 19.0 Å². The average Bonchev–Trinajstić information content (AvgIpc) is 3.28. The SMILES string of the molecule is COc1cc(OCC(O)C[As]C)cc(-c2cc(Nc3cncnc3)c3cnn(C(C)C)c3n2)c1. The summed E-state index contributed by atoms with van der Waals surface area (Å²) in [7, 11) is 1.62. The van der Waals surface area contributed by atoms with Crippen molar-refractivity contribution in [2.45, 2.75) is 36.9 Å². The number of benzene rings is 1. The third kappa shape index (κ3) is 5.48. The maximum atomic E-state index is 10.1. The van der Waals surface area contributed by atoms with Gasteiger partial charge in [0.15, 0.2) is 0 Å². The van der Waals surface area contributed by atoms with Crippen molar-refractivity contribution in [3.8, 4) is 22.8 Å². The van der Waals surface area contributed by atoms with Crippen LogP contribution in [0.5, 0.6) is 11.5 Å². The number of rotatable bonds is 10. The van der Waals surface area contributed by atoms with E-state index in [1.54, 1.807) is 19.5 Å². The Labute approximate surface area is 205 Å². The molecule has 0 amide bonds. The van der Waals surface area contributed by atoms with E-state index in [1.165, 1.54) is 6.33 Å². The van der Waals surface area contributed by atoms with Crippen LogP contribution in [0.2, 0.25) is 10.9 Å². The molecular formula is C24H28AsN6O3. The molecule has 9 nitrogen and oxygen atoms in total. The third-order valence-corrected chi connectivity index (χ3v) is 6.79. The molecule has 177 valence electrons. The van der Waals surface area contributed by atoms with E-state index in [2.05, 4.69) is 39.9 Å². The van der Waals surface area contributed by atoms with E-state index in [1.807, 2.05) is 35.1 Å². The molecule has 4 rings (SSSR count). The molecule has 0 fully saturated rings. The van der Waals surface area contributed by atoms with Gasteiger partial charge in [-0.05, 0) is 13.8 Å². The fourth-order valence-electron chi connectivity index (χ4n) is 3.54. The Bertz CT molecular complexity index is 1250. The van der Waals surface area contributed by atoms with Crippen LogP contribution >= 0.6 is 0 Å².